The molecule has 8 N–H and O–H groups in total. The van der Waals surface area contributed by atoms with Gasteiger partial charge < -0.3 is 50.1 Å². The predicted molar refractivity (Wildman–Crippen MR) is 260 cm³/mol. The van der Waals surface area contributed by atoms with Crippen molar-refractivity contribution in [2.75, 3.05) is 13.2 Å². The molecule has 0 aromatic heterocycles. The summed E-state index contributed by atoms with van der Waals surface area (Å²) >= 11 is 0. The van der Waals surface area contributed by atoms with E-state index in [1.54, 1.807) is 30.4 Å². The third-order valence-corrected chi connectivity index (χ3v) is 11.3. The van der Waals surface area contributed by atoms with Crippen LogP contribution >= 0.6 is 7.82 Å². The summed E-state index contributed by atoms with van der Waals surface area (Å²) in [6, 6.07) is 0. The second-order valence-corrected chi connectivity index (χ2v) is 17.7. The molecular formula is C51H81O15P. The molecule has 3 unspecified atom stereocenters. The van der Waals surface area contributed by atoms with Gasteiger partial charge in [-0.25, -0.2) is 4.57 Å². The lowest BCUT2D eigenvalue weighted by Gasteiger charge is -2.41. The Kier molecular flexibility index (Phi) is 36.0. The topological polar surface area (TPSA) is 250 Å². The zero-order valence-corrected chi connectivity index (χ0v) is 40.5. The summed E-state index contributed by atoms with van der Waals surface area (Å²) in [6.45, 7) is 2.88. The van der Waals surface area contributed by atoms with Crippen molar-refractivity contribution in [3.63, 3.8) is 0 Å². The normalized spacial score (nSPS) is 23.1. The maximum Gasteiger partial charge on any atom is 0.472 e. The molecule has 0 aromatic rings. The second-order valence-electron chi connectivity index (χ2n) is 16.3. The number of unbranched alkanes of at least 4 members (excludes halogenated alkanes) is 6. The van der Waals surface area contributed by atoms with Gasteiger partial charge in [-0.15, -0.1) is 0 Å². The van der Waals surface area contributed by atoms with Crippen molar-refractivity contribution in [3.8, 4) is 0 Å². The molecule has 0 saturated heterocycles. The van der Waals surface area contributed by atoms with Crippen LogP contribution in [-0.2, 0) is 32.7 Å². The molecule has 0 bridgehead atoms. The molecule has 1 aliphatic carbocycles. The summed E-state index contributed by atoms with van der Waals surface area (Å²) in [5, 5.41) is 70.6. The fourth-order valence-corrected chi connectivity index (χ4v) is 7.36. The maximum atomic E-state index is 12.8. The van der Waals surface area contributed by atoms with Crippen LogP contribution in [0.25, 0.3) is 0 Å². The van der Waals surface area contributed by atoms with Crippen LogP contribution in [0, 0.1) is 0 Å². The summed E-state index contributed by atoms with van der Waals surface area (Å²) in [6.07, 6.45) is 33.2. The van der Waals surface area contributed by atoms with E-state index in [1.165, 1.54) is 12.5 Å². The van der Waals surface area contributed by atoms with Gasteiger partial charge in [0, 0.05) is 12.8 Å². The molecule has 1 rings (SSSR count). The summed E-state index contributed by atoms with van der Waals surface area (Å²) in [5.41, 5.74) is 0. The SMILES string of the molecule is CC/C=C\C/C=C\C/C=C\C/C=C\C/C=C\CCCCCC(=O)OC[C@H](COP(=O)(O)OC1[C@H](O)[C@H](O)C(O)[C@H](O)[C@H]1O)OC(=O)CCC[C@@H](O)\C=C/C=C/C=C/[C@@H](O)C/C=C\CCCCC. The third-order valence-electron chi connectivity index (χ3n) is 10.3. The van der Waals surface area contributed by atoms with E-state index in [1.807, 2.05) is 6.08 Å². The highest BCUT2D eigenvalue weighted by Crippen LogP contribution is 2.47. The van der Waals surface area contributed by atoms with Gasteiger partial charge in [-0.3, -0.25) is 18.6 Å². The highest BCUT2D eigenvalue weighted by molar-refractivity contribution is 7.47. The lowest BCUT2D eigenvalue weighted by atomic mass is 9.85. The van der Waals surface area contributed by atoms with Crippen molar-refractivity contribution >= 4 is 19.8 Å². The first-order valence-electron chi connectivity index (χ1n) is 23.9. The minimum Gasteiger partial charge on any atom is -0.462 e. The molecule has 67 heavy (non-hydrogen) atoms. The number of phosphoric ester groups is 1. The van der Waals surface area contributed by atoms with Crippen LogP contribution in [0.2, 0.25) is 0 Å². The van der Waals surface area contributed by atoms with Crippen molar-refractivity contribution in [1.29, 1.82) is 0 Å². The first kappa shape index (κ1) is 61.4. The number of carbonyl (C=O) groups is 2. The minimum atomic E-state index is -5.21. The van der Waals surface area contributed by atoms with E-state index in [0.717, 1.165) is 70.6 Å². The third kappa shape index (κ3) is 32.0. The fourth-order valence-electron chi connectivity index (χ4n) is 6.39. The predicted octanol–water partition coefficient (Wildman–Crippen LogP) is 7.55. The molecule has 1 fully saturated rings. The average molecular weight is 965 g/mol. The van der Waals surface area contributed by atoms with E-state index in [9.17, 15) is 54.8 Å². The number of allylic oxidation sites excluding steroid dienone is 15. The van der Waals surface area contributed by atoms with Crippen LogP contribution in [0.3, 0.4) is 0 Å². The number of aliphatic hydroxyl groups excluding tert-OH is 7. The van der Waals surface area contributed by atoms with Crippen LogP contribution in [-0.4, -0.2) is 121 Å². The van der Waals surface area contributed by atoms with E-state index in [0.29, 0.717) is 12.8 Å². The van der Waals surface area contributed by atoms with Gasteiger partial charge >= 0.3 is 19.8 Å². The zero-order valence-electron chi connectivity index (χ0n) is 39.6. The molecule has 10 atom stereocenters. The van der Waals surface area contributed by atoms with Crippen LogP contribution in [0.15, 0.2) is 109 Å². The molecule has 380 valence electrons. The molecule has 0 aliphatic heterocycles. The molecule has 1 aliphatic rings. The van der Waals surface area contributed by atoms with Crippen LogP contribution < -0.4 is 0 Å². The van der Waals surface area contributed by atoms with Crippen molar-refractivity contribution in [2.24, 2.45) is 0 Å². The molecular weight excluding hydrogens is 884 g/mol. The van der Waals surface area contributed by atoms with Gasteiger partial charge in [0.2, 0.25) is 0 Å². The number of esters is 2. The van der Waals surface area contributed by atoms with Gasteiger partial charge in [0.25, 0.3) is 0 Å². The number of hydrogen-bond donors (Lipinski definition) is 8. The van der Waals surface area contributed by atoms with Gasteiger partial charge in [0.05, 0.1) is 18.8 Å². The molecule has 15 nitrogen and oxygen atoms in total. The molecule has 0 amide bonds. The van der Waals surface area contributed by atoms with Crippen LogP contribution in [0.1, 0.15) is 129 Å². The lowest BCUT2D eigenvalue weighted by Crippen LogP contribution is -2.64. The number of rotatable bonds is 37. The number of ether oxygens (including phenoxy) is 2. The summed E-state index contributed by atoms with van der Waals surface area (Å²) < 4.78 is 33.3. The molecule has 0 spiro atoms. The van der Waals surface area contributed by atoms with Crippen molar-refractivity contribution in [3.05, 3.63) is 109 Å². The Morgan fingerprint density at radius 1 is 0.567 bits per heavy atom. The molecule has 0 aromatic carbocycles. The van der Waals surface area contributed by atoms with E-state index in [-0.39, 0.29) is 25.7 Å². The Balaban J connectivity index is 2.60. The van der Waals surface area contributed by atoms with E-state index >= 15 is 0 Å². The van der Waals surface area contributed by atoms with E-state index < -0.39 is 87.9 Å². The Morgan fingerprint density at radius 2 is 1.07 bits per heavy atom. The molecule has 0 radical (unpaired) electrons. The quantitative estimate of drug-likeness (QED) is 0.00984. The Morgan fingerprint density at radius 3 is 1.66 bits per heavy atom. The van der Waals surface area contributed by atoms with Gasteiger partial charge in [-0.1, -0.05) is 142 Å². The number of aliphatic hydroxyl groups is 7. The molecule has 1 saturated carbocycles. The van der Waals surface area contributed by atoms with E-state index in [2.05, 4.69) is 80.7 Å². The molecule has 16 heteroatoms. The highest BCUT2D eigenvalue weighted by atomic mass is 31.2. The Labute approximate surface area is 398 Å². The van der Waals surface area contributed by atoms with Gasteiger partial charge in [0.1, 0.15) is 43.2 Å². The number of hydrogen-bond acceptors (Lipinski definition) is 14. The summed E-state index contributed by atoms with van der Waals surface area (Å²) in [7, 11) is -5.21. The van der Waals surface area contributed by atoms with Gasteiger partial charge in [-0.2, -0.15) is 0 Å². The smallest absolute Gasteiger partial charge is 0.462 e. The van der Waals surface area contributed by atoms with Crippen LogP contribution in [0.4, 0.5) is 0 Å². The zero-order chi connectivity index (χ0) is 49.5. The monoisotopic (exact) mass is 965 g/mol. The first-order valence-corrected chi connectivity index (χ1v) is 25.4. The van der Waals surface area contributed by atoms with Crippen LogP contribution in [0.5, 0.6) is 0 Å². The fraction of sp³-hybridized carbons (Fsp3) is 0.608. The Bertz CT molecular complexity index is 1620. The van der Waals surface area contributed by atoms with Crippen molar-refractivity contribution < 1.29 is 73.3 Å². The standard InChI is InChI=1S/C51H81O15P/c1-3-5-7-9-11-12-13-14-15-16-17-18-19-20-21-22-23-25-31-37-44(54)63-39-43(40-64-67(61,62)66-51-49(59)47(57)46(56)48(58)50(51)60)65-45(55)38-32-36-42(53)35-30-27-26-29-34-41(52)33-28-24-10-8-6-4-2/h5,7,11-12,14-15,17-18,20-21,24,26-30,34-35,41-43,46-53,56-60H,3-4,6,8-10,13,16,19,22-23,25,31-33,36-40H2,1-2H3,(H,61,62)/b7-5-,12-11-,15-14-,18-17-,21-20-,27-26+,28-24-,34-29+,35-30-/t41-,42-,43+,46?,47-,48+,49+,50+,51?/m0/s1. The largest absolute Gasteiger partial charge is 0.472 e. The first-order chi connectivity index (χ1) is 32.2. The lowest BCUT2D eigenvalue weighted by molar-refractivity contribution is -0.220. The van der Waals surface area contributed by atoms with Gasteiger partial charge in [0.15, 0.2) is 6.10 Å². The van der Waals surface area contributed by atoms with Crippen molar-refractivity contribution in [1.82, 2.24) is 0 Å². The number of phosphoric acid groups is 1. The Hall–Kier alpha value is -3.57. The second kappa shape index (κ2) is 39.3. The highest BCUT2D eigenvalue weighted by Gasteiger charge is 2.51. The molecule has 0 heterocycles. The summed E-state index contributed by atoms with van der Waals surface area (Å²) in [5.74, 6) is -1.39. The van der Waals surface area contributed by atoms with Gasteiger partial charge in [-0.05, 0) is 83.5 Å². The van der Waals surface area contributed by atoms with E-state index in [4.69, 9.17) is 18.5 Å². The van der Waals surface area contributed by atoms with Crippen molar-refractivity contribution in [2.45, 2.75) is 184 Å². The summed E-state index contributed by atoms with van der Waals surface area (Å²) in [4.78, 5) is 35.8. The minimum absolute atomic E-state index is 0.0679. The average Bonchev–Trinajstić information content (AvgIpc) is 3.30. The maximum absolute atomic E-state index is 12.8. The number of carbonyl (C=O) groups excluding carboxylic acids is 2.